The van der Waals surface area contributed by atoms with Crippen molar-refractivity contribution in [1.29, 1.82) is 0 Å². The van der Waals surface area contributed by atoms with Crippen LogP contribution >= 0.6 is 11.6 Å². The number of aldehydes is 1. The molecule has 0 saturated heterocycles. The molecule has 0 heterocycles. The van der Waals surface area contributed by atoms with Crippen LogP contribution in [-0.2, 0) is 4.74 Å². The standard InChI is InChI=1S/C16H22ClNO5/c1-16(2,3)23-15(22)18-8-7-12(20)14(21)13-10(9-19)5-4-6-11(13)17/h4-6,9,12,14,20-21H,7-8H2,1-3H3,(H,18,22). The summed E-state index contributed by atoms with van der Waals surface area (Å²) in [7, 11) is 0. The maximum absolute atomic E-state index is 11.5. The number of halogens is 1. The summed E-state index contributed by atoms with van der Waals surface area (Å²) >= 11 is 5.98. The second-order valence-corrected chi connectivity index (χ2v) is 6.50. The Morgan fingerprint density at radius 2 is 2.04 bits per heavy atom. The number of aliphatic hydroxyl groups is 2. The third-order valence-corrected chi connectivity index (χ3v) is 3.31. The second kappa shape index (κ2) is 8.29. The zero-order chi connectivity index (χ0) is 17.6. The lowest BCUT2D eigenvalue weighted by molar-refractivity contribution is 0.0121. The van der Waals surface area contributed by atoms with Gasteiger partial charge < -0.3 is 20.3 Å². The molecule has 7 heteroatoms. The minimum absolute atomic E-state index is 0.0733. The summed E-state index contributed by atoms with van der Waals surface area (Å²) < 4.78 is 5.06. The molecule has 0 aromatic heterocycles. The minimum atomic E-state index is -1.33. The molecule has 1 aromatic rings. The van der Waals surface area contributed by atoms with E-state index < -0.39 is 23.9 Å². The number of benzene rings is 1. The van der Waals surface area contributed by atoms with E-state index in [0.29, 0.717) is 6.29 Å². The number of rotatable bonds is 6. The van der Waals surface area contributed by atoms with Gasteiger partial charge in [-0.15, -0.1) is 0 Å². The van der Waals surface area contributed by atoms with E-state index in [1.165, 1.54) is 12.1 Å². The van der Waals surface area contributed by atoms with Crippen LogP contribution in [-0.4, -0.2) is 40.8 Å². The number of carbonyl (C=O) groups is 2. The molecule has 3 N–H and O–H groups in total. The molecule has 0 saturated carbocycles. The Morgan fingerprint density at radius 1 is 1.39 bits per heavy atom. The van der Waals surface area contributed by atoms with Gasteiger partial charge in [0.05, 0.1) is 6.10 Å². The van der Waals surface area contributed by atoms with E-state index in [1.54, 1.807) is 26.8 Å². The Balaban J connectivity index is 2.60. The summed E-state index contributed by atoms with van der Waals surface area (Å²) in [4.78, 5) is 22.5. The van der Waals surface area contributed by atoms with Crippen molar-refractivity contribution in [1.82, 2.24) is 5.32 Å². The zero-order valence-corrected chi connectivity index (χ0v) is 14.1. The van der Waals surface area contributed by atoms with E-state index in [9.17, 15) is 19.8 Å². The van der Waals surface area contributed by atoms with Gasteiger partial charge in [-0.1, -0.05) is 23.7 Å². The van der Waals surface area contributed by atoms with Gasteiger partial charge in [-0.25, -0.2) is 4.79 Å². The van der Waals surface area contributed by atoms with Gasteiger partial charge in [0, 0.05) is 22.7 Å². The molecule has 0 aliphatic rings. The number of aliphatic hydroxyl groups excluding tert-OH is 2. The summed E-state index contributed by atoms with van der Waals surface area (Å²) in [6.45, 7) is 5.32. The van der Waals surface area contributed by atoms with Gasteiger partial charge in [0.2, 0.25) is 0 Å². The molecule has 1 rings (SSSR count). The van der Waals surface area contributed by atoms with Crippen molar-refractivity contribution in [2.45, 2.75) is 45.0 Å². The SMILES string of the molecule is CC(C)(C)OC(=O)NCCC(O)C(O)c1c(Cl)cccc1C=O. The van der Waals surface area contributed by atoms with Crippen LogP contribution in [0.15, 0.2) is 18.2 Å². The molecule has 0 aliphatic carbocycles. The molecule has 1 aromatic carbocycles. The molecule has 128 valence electrons. The predicted octanol–water partition coefficient (Wildman–Crippen LogP) is 2.46. The zero-order valence-electron chi connectivity index (χ0n) is 13.4. The maximum Gasteiger partial charge on any atom is 0.407 e. The number of hydrogen-bond acceptors (Lipinski definition) is 5. The van der Waals surface area contributed by atoms with E-state index >= 15 is 0 Å². The molecule has 6 nitrogen and oxygen atoms in total. The molecular weight excluding hydrogens is 322 g/mol. The van der Waals surface area contributed by atoms with Crippen molar-refractivity contribution >= 4 is 24.0 Å². The number of nitrogens with one attached hydrogen (secondary N) is 1. The Labute approximate surface area is 140 Å². The molecule has 1 amide bonds. The quantitative estimate of drug-likeness (QED) is 0.689. The first kappa shape index (κ1) is 19.4. The van der Waals surface area contributed by atoms with Crippen molar-refractivity contribution in [2.75, 3.05) is 6.54 Å². The van der Waals surface area contributed by atoms with E-state index in [1.807, 2.05) is 0 Å². The predicted molar refractivity (Wildman–Crippen MR) is 86.7 cm³/mol. The normalized spacial score (nSPS) is 14.0. The number of amides is 1. The summed E-state index contributed by atoms with van der Waals surface area (Å²) in [6.07, 6.45) is -2.49. The fourth-order valence-corrected chi connectivity index (χ4v) is 2.25. The first-order chi connectivity index (χ1) is 10.7. The minimum Gasteiger partial charge on any atom is -0.444 e. The third-order valence-electron chi connectivity index (χ3n) is 2.98. The average Bonchev–Trinajstić information content (AvgIpc) is 2.44. The largest absolute Gasteiger partial charge is 0.444 e. The third kappa shape index (κ3) is 6.17. The van der Waals surface area contributed by atoms with Crippen LogP contribution in [0.3, 0.4) is 0 Å². The molecule has 0 bridgehead atoms. The highest BCUT2D eigenvalue weighted by atomic mass is 35.5. The van der Waals surface area contributed by atoms with Crippen LogP contribution in [0.25, 0.3) is 0 Å². The van der Waals surface area contributed by atoms with Gasteiger partial charge in [-0.05, 0) is 33.3 Å². The van der Waals surface area contributed by atoms with Gasteiger partial charge in [-0.3, -0.25) is 4.79 Å². The Morgan fingerprint density at radius 3 is 2.61 bits per heavy atom. The van der Waals surface area contributed by atoms with Crippen LogP contribution < -0.4 is 5.32 Å². The highest BCUT2D eigenvalue weighted by Gasteiger charge is 2.24. The second-order valence-electron chi connectivity index (χ2n) is 6.09. The lowest BCUT2D eigenvalue weighted by Crippen LogP contribution is -2.34. The topological polar surface area (TPSA) is 95.9 Å². The molecule has 0 aliphatic heterocycles. The molecule has 2 atom stereocenters. The van der Waals surface area contributed by atoms with Crippen molar-refractivity contribution in [2.24, 2.45) is 0 Å². The fraction of sp³-hybridized carbons (Fsp3) is 0.500. The van der Waals surface area contributed by atoms with Crippen molar-refractivity contribution < 1.29 is 24.5 Å². The Hall–Kier alpha value is -1.63. The number of hydrogen-bond donors (Lipinski definition) is 3. The maximum atomic E-state index is 11.5. The smallest absolute Gasteiger partial charge is 0.407 e. The first-order valence-electron chi connectivity index (χ1n) is 7.22. The lowest BCUT2D eigenvalue weighted by Gasteiger charge is -2.22. The molecule has 0 radical (unpaired) electrons. The van der Waals surface area contributed by atoms with Gasteiger partial charge in [0.1, 0.15) is 18.0 Å². The molecule has 23 heavy (non-hydrogen) atoms. The van der Waals surface area contributed by atoms with E-state index in [0.717, 1.165) is 0 Å². The monoisotopic (exact) mass is 343 g/mol. The van der Waals surface area contributed by atoms with Crippen LogP contribution in [0.5, 0.6) is 0 Å². The van der Waals surface area contributed by atoms with Crippen molar-refractivity contribution in [3.8, 4) is 0 Å². The van der Waals surface area contributed by atoms with Gasteiger partial charge in [0.15, 0.2) is 0 Å². The summed E-state index contributed by atoms with van der Waals surface area (Å²) in [6, 6.07) is 4.61. The summed E-state index contributed by atoms with van der Waals surface area (Å²) in [5, 5.41) is 22.9. The van der Waals surface area contributed by atoms with Gasteiger partial charge in [0.25, 0.3) is 0 Å². The molecular formula is C16H22ClNO5. The Bertz CT molecular complexity index is 556. The van der Waals surface area contributed by atoms with Crippen molar-refractivity contribution in [3.05, 3.63) is 34.3 Å². The highest BCUT2D eigenvalue weighted by molar-refractivity contribution is 6.31. The van der Waals surface area contributed by atoms with Crippen LogP contribution in [0.1, 0.15) is 49.2 Å². The number of carbonyl (C=O) groups excluding carboxylic acids is 2. The van der Waals surface area contributed by atoms with Crippen LogP contribution in [0, 0.1) is 0 Å². The van der Waals surface area contributed by atoms with E-state index in [4.69, 9.17) is 16.3 Å². The average molecular weight is 344 g/mol. The Kier molecular flexibility index (Phi) is 7.00. The van der Waals surface area contributed by atoms with Gasteiger partial charge >= 0.3 is 6.09 Å². The van der Waals surface area contributed by atoms with Crippen LogP contribution in [0.4, 0.5) is 4.79 Å². The summed E-state index contributed by atoms with van der Waals surface area (Å²) in [5.74, 6) is 0. The van der Waals surface area contributed by atoms with E-state index in [-0.39, 0.29) is 29.1 Å². The van der Waals surface area contributed by atoms with Gasteiger partial charge in [-0.2, -0.15) is 0 Å². The fourth-order valence-electron chi connectivity index (χ4n) is 1.96. The first-order valence-corrected chi connectivity index (χ1v) is 7.60. The molecule has 0 fully saturated rings. The molecule has 0 spiro atoms. The van der Waals surface area contributed by atoms with E-state index in [2.05, 4.69) is 5.32 Å². The van der Waals surface area contributed by atoms with Crippen LogP contribution in [0.2, 0.25) is 5.02 Å². The summed E-state index contributed by atoms with van der Waals surface area (Å²) in [5.41, 5.74) is -0.225. The lowest BCUT2D eigenvalue weighted by atomic mass is 9.97. The number of ether oxygens (including phenoxy) is 1. The highest BCUT2D eigenvalue weighted by Crippen LogP contribution is 2.29. The van der Waals surface area contributed by atoms with Crippen molar-refractivity contribution in [3.63, 3.8) is 0 Å². The number of alkyl carbamates (subject to hydrolysis) is 1. The molecule has 2 unspecified atom stereocenters.